The molecule has 0 aliphatic carbocycles. The third kappa shape index (κ3) is 5.65. The van der Waals surface area contributed by atoms with Gasteiger partial charge in [-0.05, 0) is 48.5 Å². The number of aromatic nitrogens is 4. The number of hydrogen-bond acceptors (Lipinski definition) is 8. The number of amides is 1. The average Bonchev–Trinajstić information content (AvgIpc) is 3.39. The minimum atomic E-state index is -0.216. The first-order chi connectivity index (χ1) is 15.1. The van der Waals surface area contributed by atoms with Crippen LogP contribution in [0.2, 0.25) is 0 Å². The number of nitrogens with zero attached hydrogens (tertiary/aromatic N) is 4. The molecule has 10 heteroatoms. The van der Waals surface area contributed by atoms with Gasteiger partial charge in [0.1, 0.15) is 5.01 Å². The minimum Gasteiger partial charge on any atom is -0.296 e. The lowest BCUT2D eigenvalue weighted by molar-refractivity contribution is 0.102. The maximum Gasteiger partial charge on any atom is 0.257 e. The van der Waals surface area contributed by atoms with E-state index in [0.29, 0.717) is 14.6 Å². The molecule has 0 aliphatic heterocycles. The van der Waals surface area contributed by atoms with Crippen LogP contribution in [-0.2, 0) is 12.2 Å². The molecule has 31 heavy (non-hydrogen) atoms. The summed E-state index contributed by atoms with van der Waals surface area (Å²) in [6.45, 7) is 2.08. The fourth-order valence-electron chi connectivity index (χ4n) is 2.74. The predicted molar refractivity (Wildman–Crippen MR) is 130 cm³/mol. The van der Waals surface area contributed by atoms with Gasteiger partial charge in [-0.3, -0.25) is 10.1 Å². The minimum absolute atomic E-state index is 0.216. The molecule has 2 heterocycles. The van der Waals surface area contributed by atoms with Crippen LogP contribution in [0.4, 0.5) is 5.13 Å². The van der Waals surface area contributed by atoms with Gasteiger partial charge in [-0.2, -0.15) is 0 Å². The molecule has 1 amide bonds. The van der Waals surface area contributed by atoms with Crippen molar-refractivity contribution in [2.75, 3.05) is 5.32 Å². The molecule has 6 nitrogen and oxygen atoms in total. The van der Waals surface area contributed by atoms with Crippen molar-refractivity contribution >= 4 is 57.7 Å². The third-order valence-electron chi connectivity index (χ3n) is 4.26. The first-order valence-electron chi connectivity index (χ1n) is 9.63. The summed E-state index contributed by atoms with van der Waals surface area (Å²) in [5, 5.41) is 17.0. The normalized spacial score (nSPS) is 10.9. The predicted octanol–water partition coefficient (Wildman–Crippen LogP) is 6.01. The number of hydrogen-bond donors (Lipinski definition) is 1. The molecule has 4 aromatic rings. The summed E-state index contributed by atoms with van der Waals surface area (Å²) in [5.74, 6) is 0.625. The van der Waals surface area contributed by atoms with Gasteiger partial charge in [0.25, 0.3) is 5.91 Å². The molecule has 0 atom stereocenters. The Balaban J connectivity index is 1.42. The van der Waals surface area contributed by atoms with Crippen molar-refractivity contribution in [3.63, 3.8) is 0 Å². The van der Waals surface area contributed by atoms with Crippen molar-refractivity contribution in [3.05, 3.63) is 74.7 Å². The Morgan fingerprint density at radius 3 is 2.61 bits per heavy atom. The summed E-state index contributed by atoms with van der Waals surface area (Å²) in [5.41, 5.74) is 2.61. The van der Waals surface area contributed by atoms with E-state index in [-0.39, 0.29) is 5.91 Å². The van der Waals surface area contributed by atoms with E-state index < -0.39 is 0 Å². The Morgan fingerprint density at radius 1 is 1.10 bits per heavy atom. The van der Waals surface area contributed by atoms with Crippen molar-refractivity contribution < 1.29 is 4.79 Å². The number of aryl methyl sites for hydroxylation is 1. The van der Waals surface area contributed by atoms with Crippen LogP contribution in [0.1, 0.15) is 34.3 Å². The third-order valence-corrected chi connectivity index (χ3v) is 7.59. The second-order valence-corrected chi connectivity index (χ2v) is 10.5. The molecule has 0 bridgehead atoms. The van der Waals surface area contributed by atoms with Gasteiger partial charge in [0.2, 0.25) is 5.13 Å². The largest absolute Gasteiger partial charge is 0.296 e. The van der Waals surface area contributed by atoms with Crippen molar-refractivity contribution in [1.82, 2.24) is 20.0 Å². The lowest BCUT2D eigenvalue weighted by Crippen LogP contribution is -2.11. The first kappa shape index (κ1) is 21.8. The van der Waals surface area contributed by atoms with Crippen LogP contribution in [0.3, 0.4) is 0 Å². The SMILES string of the molecule is CCCc1nnc(NC(=O)c2ccc(-n3nc(SCc4ccccc4)sc3=S)cc2)s1. The molecule has 0 spiro atoms. The lowest BCUT2D eigenvalue weighted by atomic mass is 10.2. The molecule has 0 saturated heterocycles. The lowest BCUT2D eigenvalue weighted by Gasteiger charge is -2.04. The summed E-state index contributed by atoms with van der Waals surface area (Å²) in [4.78, 5) is 12.5. The first-order valence-corrected chi connectivity index (χ1v) is 12.7. The van der Waals surface area contributed by atoms with Gasteiger partial charge in [-0.15, -0.1) is 15.3 Å². The number of anilines is 1. The van der Waals surface area contributed by atoms with E-state index in [1.165, 1.54) is 28.2 Å². The number of carbonyl (C=O) groups excluding carboxylic acids is 1. The number of nitrogens with one attached hydrogen (secondary N) is 1. The van der Waals surface area contributed by atoms with Crippen molar-refractivity contribution in [3.8, 4) is 5.69 Å². The fraction of sp³-hybridized carbons (Fsp3) is 0.190. The van der Waals surface area contributed by atoms with E-state index in [1.54, 1.807) is 28.6 Å². The van der Waals surface area contributed by atoms with Gasteiger partial charge >= 0.3 is 0 Å². The summed E-state index contributed by atoms with van der Waals surface area (Å²) in [6.07, 6.45) is 1.86. The molecular weight excluding hydrogens is 467 g/mol. The zero-order chi connectivity index (χ0) is 21.6. The Hall–Kier alpha value is -2.40. The highest BCUT2D eigenvalue weighted by Crippen LogP contribution is 2.27. The zero-order valence-corrected chi connectivity index (χ0v) is 19.9. The Morgan fingerprint density at radius 2 is 1.87 bits per heavy atom. The molecule has 2 aromatic heterocycles. The van der Waals surface area contributed by atoms with Crippen LogP contribution >= 0.6 is 46.7 Å². The Kier molecular flexibility index (Phi) is 7.23. The van der Waals surface area contributed by atoms with Crippen LogP contribution in [0.15, 0.2) is 58.9 Å². The Bertz CT molecular complexity index is 1210. The topological polar surface area (TPSA) is 72.7 Å². The van der Waals surface area contributed by atoms with Crippen LogP contribution in [0, 0.1) is 3.95 Å². The molecule has 158 valence electrons. The second kappa shape index (κ2) is 10.3. The monoisotopic (exact) mass is 485 g/mol. The summed E-state index contributed by atoms with van der Waals surface area (Å²) in [6, 6.07) is 17.5. The summed E-state index contributed by atoms with van der Waals surface area (Å²) < 4.78 is 3.32. The second-order valence-electron chi connectivity index (χ2n) is 6.57. The molecule has 0 radical (unpaired) electrons. The van der Waals surface area contributed by atoms with E-state index in [1.807, 2.05) is 30.3 Å². The number of benzene rings is 2. The van der Waals surface area contributed by atoms with Gasteiger partial charge < -0.3 is 0 Å². The van der Waals surface area contributed by atoms with Gasteiger partial charge in [0.15, 0.2) is 8.29 Å². The Labute approximate surface area is 197 Å². The molecule has 0 saturated carbocycles. The average molecular weight is 486 g/mol. The van der Waals surface area contributed by atoms with Crippen LogP contribution in [0.5, 0.6) is 0 Å². The maximum absolute atomic E-state index is 12.5. The molecule has 0 fully saturated rings. The van der Waals surface area contributed by atoms with Crippen LogP contribution in [-0.4, -0.2) is 25.9 Å². The van der Waals surface area contributed by atoms with Gasteiger partial charge in [0, 0.05) is 17.7 Å². The number of thioether (sulfide) groups is 1. The molecule has 0 unspecified atom stereocenters. The molecular formula is C21H19N5OS4. The van der Waals surface area contributed by atoms with E-state index >= 15 is 0 Å². The number of carbonyl (C=O) groups is 1. The highest BCUT2D eigenvalue weighted by atomic mass is 32.2. The van der Waals surface area contributed by atoms with Crippen LogP contribution in [0.25, 0.3) is 5.69 Å². The highest BCUT2D eigenvalue weighted by Gasteiger charge is 2.12. The maximum atomic E-state index is 12.5. The molecule has 4 rings (SSSR count). The van der Waals surface area contributed by atoms with Gasteiger partial charge in [-0.25, -0.2) is 4.68 Å². The standard InChI is InChI=1S/C21H19N5OS4/c1-2-6-17-23-24-19(30-17)22-18(27)15-9-11-16(12-10-15)26-21(28)31-20(25-26)29-13-14-7-4-3-5-8-14/h3-5,7-12H,2,6,13H2,1H3,(H,22,24,27). The number of rotatable bonds is 8. The molecule has 0 aliphatic rings. The summed E-state index contributed by atoms with van der Waals surface area (Å²) >= 11 is 10.0. The van der Waals surface area contributed by atoms with Crippen molar-refractivity contribution in [1.29, 1.82) is 0 Å². The van der Waals surface area contributed by atoms with E-state index in [2.05, 4.69) is 39.7 Å². The van der Waals surface area contributed by atoms with Crippen LogP contribution < -0.4 is 5.32 Å². The van der Waals surface area contributed by atoms with Crippen molar-refractivity contribution in [2.24, 2.45) is 0 Å². The van der Waals surface area contributed by atoms with E-state index in [0.717, 1.165) is 33.6 Å². The summed E-state index contributed by atoms with van der Waals surface area (Å²) in [7, 11) is 0. The van der Waals surface area contributed by atoms with E-state index in [4.69, 9.17) is 12.2 Å². The van der Waals surface area contributed by atoms with E-state index in [9.17, 15) is 4.79 Å². The highest BCUT2D eigenvalue weighted by molar-refractivity contribution is 8.00. The molecule has 1 N–H and O–H groups in total. The van der Waals surface area contributed by atoms with Crippen molar-refractivity contribution in [2.45, 2.75) is 29.9 Å². The van der Waals surface area contributed by atoms with Gasteiger partial charge in [0.05, 0.1) is 5.69 Å². The van der Waals surface area contributed by atoms with Gasteiger partial charge in [-0.1, -0.05) is 71.7 Å². The smallest absolute Gasteiger partial charge is 0.257 e. The molecule has 2 aromatic carbocycles. The fourth-order valence-corrected chi connectivity index (χ4v) is 5.90. The quantitative estimate of drug-likeness (QED) is 0.243. The zero-order valence-electron chi connectivity index (χ0n) is 16.6.